The second-order valence-electron chi connectivity index (χ2n) is 5.25. The summed E-state index contributed by atoms with van der Waals surface area (Å²) in [6, 6.07) is 8.67. The van der Waals surface area contributed by atoms with Crippen LogP contribution in [0.4, 0.5) is 0 Å². The lowest BCUT2D eigenvalue weighted by Crippen LogP contribution is -2.41. The maximum Gasteiger partial charge on any atom is 0.191 e. The molecule has 0 amide bonds. The molecular weight excluding hydrogens is 274 g/mol. The van der Waals surface area contributed by atoms with Gasteiger partial charge in [0.15, 0.2) is 5.96 Å². The summed E-state index contributed by atoms with van der Waals surface area (Å²) >= 11 is 0. The number of imidazole rings is 1. The largest absolute Gasteiger partial charge is 0.357 e. The van der Waals surface area contributed by atoms with Crippen LogP contribution in [0.3, 0.4) is 0 Å². The zero-order valence-electron chi connectivity index (χ0n) is 13.6. The summed E-state index contributed by atoms with van der Waals surface area (Å²) in [5, 5.41) is 6.70. The van der Waals surface area contributed by atoms with E-state index >= 15 is 0 Å². The van der Waals surface area contributed by atoms with Gasteiger partial charge in [0.25, 0.3) is 0 Å². The van der Waals surface area contributed by atoms with E-state index in [0.717, 1.165) is 24.6 Å². The monoisotopic (exact) mass is 299 g/mol. The molecule has 0 bridgehead atoms. The highest BCUT2D eigenvalue weighted by atomic mass is 15.2. The first-order valence-corrected chi connectivity index (χ1v) is 7.85. The van der Waals surface area contributed by atoms with Crippen LogP contribution in [0.2, 0.25) is 0 Å². The van der Waals surface area contributed by atoms with Gasteiger partial charge in [0.1, 0.15) is 0 Å². The van der Waals surface area contributed by atoms with E-state index < -0.39 is 0 Å². The van der Waals surface area contributed by atoms with Crippen LogP contribution in [0.25, 0.3) is 5.69 Å². The lowest BCUT2D eigenvalue weighted by atomic mass is 10.2. The Bertz CT molecular complexity index is 589. The molecule has 5 heteroatoms. The minimum absolute atomic E-state index is 0.404. The zero-order valence-corrected chi connectivity index (χ0v) is 13.6. The molecule has 22 heavy (non-hydrogen) atoms. The molecule has 1 aromatic heterocycles. The van der Waals surface area contributed by atoms with Crippen LogP contribution in [0.1, 0.15) is 32.8 Å². The van der Waals surface area contributed by atoms with Gasteiger partial charge in [-0.3, -0.25) is 0 Å². The topological polar surface area (TPSA) is 54.2 Å². The van der Waals surface area contributed by atoms with Crippen molar-refractivity contribution in [1.82, 2.24) is 20.2 Å². The smallest absolute Gasteiger partial charge is 0.191 e. The lowest BCUT2D eigenvalue weighted by molar-refractivity contribution is 0.624. The quantitative estimate of drug-likeness (QED) is 0.637. The minimum Gasteiger partial charge on any atom is -0.357 e. The number of benzene rings is 1. The minimum atomic E-state index is 0.404. The molecule has 2 N–H and O–H groups in total. The van der Waals surface area contributed by atoms with Crippen molar-refractivity contribution >= 4 is 5.96 Å². The van der Waals surface area contributed by atoms with Gasteiger partial charge < -0.3 is 15.2 Å². The van der Waals surface area contributed by atoms with E-state index in [2.05, 4.69) is 48.5 Å². The van der Waals surface area contributed by atoms with Gasteiger partial charge in [-0.1, -0.05) is 25.1 Å². The fraction of sp³-hybridized carbons (Fsp3) is 0.412. The van der Waals surface area contributed by atoms with E-state index in [1.807, 2.05) is 29.2 Å². The molecule has 0 saturated heterocycles. The molecule has 5 nitrogen and oxygen atoms in total. The third kappa shape index (κ3) is 4.35. The Morgan fingerprint density at radius 1 is 1.32 bits per heavy atom. The average molecular weight is 299 g/mol. The summed E-state index contributed by atoms with van der Waals surface area (Å²) in [5.41, 5.74) is 2.28. The van der Waals surface area contributed by atoms with Crippen molar-refractivity contribution in [2.75, 3.05) is 6.54 Å². The van der Waals surface area contributed by atoms with Crippen LogP contribution in [0, 0.1) is 0 Å². The van der Waals surface area contributed by atoms with Crippen LogP contribution < -0.4 is 10.6 Å². The first-order chi connectivity index (χ1) is 10.7. The number of aromatic nitrogens is 2. The number of aliphatic imine (C=N–C) groups is 1. The van der Waals surface area contributed by atoms with Crippen molar-refractivity contribution < 1.29 is 0 Å². The number of nitrogens with one attached hydrogen (secondary N) is 2. The SMILES string of the molecule is CCNC(=NCc1ccccc1-n1ccnc1)NC(C)CC. The van der Waals surface area contributed by atoms with Crippen molar-refractivity contribution in [3.63, 3.8) is 0 Å². The Labute approximate surface area is 132 Å². The maximum absolute atomic E-state index is 4.70. The fourth-order valence-corrected chi connectivity index (χ4v) is 2.12. The number of rotatable bonds is 6. The molecule has 0 aliphatic heterocycles. The summed E-state index contributed by atoms with van der Waals surface area (Å²) in [4.78, 5) is 8.82. The highest BCUT2D eigenvalue weighted by Crippen LogP contribution is 2.15. The van der Waals surface area contributed by atoms with Gasteiger partial charge in [0, 0.05) is 25.0 Å². The van der Waals surface area contributed by atoms with Gasteiger partial charge in [-0.05, 0) is 31.9 Å². The van der Waals surface area contributed by atoms with Gasteiger partial charge in [0.05, 0.1) is 18.6 Å². The van der Waals surface area contributed by atoms with Crippen LogP contribution in [0.5, 0.6) is 0 Å². The predicted octanol–water partition coefficient (Wildman–Crippen LogP) is 2.73. The molecular formula is C17H25N5. The summed E-state index contributed by atoms with van der Waals surface area (Å²) in [7, 11) is 0. The molecule has 0 fully saturated rings. The van der Waals surface area contributed by atoms with Gasteiger partial charge in [0.2, 0.25) is 0 Å². The molecule has 0 spiro atoms. The Morgan fingerprint density at radius 3 is 2.82 bits per heavy atom. The van der Waals surface area contributed by atoms with Crippen molar-refractivity contribution in [2.24, 2.45) is 4.99 Å². The molecule has 118 valence electrons. The zero-order chi connectivity index (χ0) is 15.8. The van der Waals surface area contributed by atoms with Crippen molar-refractivity contribution in [3.8, 4) is 5.69 Å². The van der Waals surface area contributed by atoms with Gasteiger partial charge in [-0.15, -0.1) is 0 Å². The van der Waals surface area contributed by atoms with E-state index in [1.165, 1.54) is 5.56 Å². The van der Waals surface area contributed by atoms with Gasteiger partial charge in [-0.25, -0.2) is 9.98 Å². The Kier molecular flexibility index (Phi) is 6.01. The average Bonchev–Trinajstić information content (AvgIpc) is 3.07. The van der Waals surface area contributed by atoms with Crippen LogP contribution in [-0.2, 0) is 6.54 Å². The molecule has 1 unspecified atom stereocenters. The molecule has 0 aliphatic carbocycles. The summed E-state index contributed by atoms with van der Waals surface area (Å²) in [5.74, 6) is 0.859. The fourth-order valence-electron chi connectivity index (χ4n) is 2.12. The number of nitrogens with zero attached hydrogens (tertiary/aromatic N) is 3. The molecule has 1 atom stereocenters. The summed E-state index contributed by atoms with van der Waals surface area (Å²) in [6.07, 6.45) is 6.61. The van der Waals surface area contributed by atoms with Crippen molar-refractivity contribution in [1.29, 1.82) is 0 Å². The van der Waals surface area contributed by atoms with Crippen molar-refractivity contribution in [3.05, 3.63) is 48.5 Å². The third-order valence-electron chi connectivity index (χ3n) is 3.52. The Hall–Kier alpha value is -2.30. The normalized spacial score (nSPS) is 13.0. The van der Waals surface area contributed by atoms with E-state index in [4.69, 9.17) is 4.99 Å². The van der Waals surface area contributed by atoms with Crippen LogP contribution in [0.15, 0.2) is 48.0 Å². The lowest BCUT2D eigenvalue weighted by Gasteiger charge is -2.16. The molecule has 2 aromatic rings. The van der Waals surface area contributed by atoms with E-state index in [-0.39, 0.29) is 0 Å². The van der Waals surface area contributed by atoms with E-state index in [0.29, 0.717) is 12.6 Å². The predicted molar refractivity (Wildman–Crippen MR) is 91.3 cm³/mol. The van der Waals surface area contributed by atoms with Crippen LogP contribution >= 0.6 is 0 Å². The molecule has 0 saturated carbocycles. The molecule has 1 aromatic carbocycles. The summed E-state index contributed by atoms with van der Waals surface area (Å²) in [6.45, 7) is 7.88. The summed E-state index contributed by atoms with van der Waals surface area (Å²) < 4.78 is 2.01. The second kappa shape index (κ2) is 8.22. The number of hydrogen-bond acceptors (Lipinski definition) is 2. The van der Waals surface area contributed by atoms with Crippen molar-refractivity contribution in [2.45, 2.75) is 39.8 Å². The molecule has 0 radical (unpaired) electrons. The maximum atomic E-state index is 4.70. The highest BCUT2D eigenvalue weighted by Gasteiger charge is 2.05. The Morgan fingerprint density at radius 2 is 2.14 bits per heavy atom. The van der Waals surface area contributed by atoms with Gasteiger partial charge >= 0.3 is 0 Å². The Balaban J connectivity index is 2.16. The molecule has 2 rings (SSSR count). The first-order valence-electron chi connectivity index (χ1n) is 7.85. The number of hydrogen-bond donors (Lipinski definition) is 2. The third-order valence-corrected chi connectivity index (χ3v) is 3.52. The standard InChI is InChI=1S/C17H25N5/c1-4-14(3)21-17(19-5-2)20-12-15-8-6-7-9-16(15)22-11-10-18-13-22/h6-11,13-14H,4-5,12H2,1-3H3,(H2,19,20,21). The van der Waals surface area contributed by atoms with E-state index in [9.17, 15) is 0 Å². The van der Waals surface area contributed by atoms with E-state index in [1.54, 1.807) is 6.20 Å². The number of para-hydroxylation sites is 1. The molecule has 1 heterocycles. The molecule has 0 aliphatic rings. The number of guanidine groups is 1. The van der Waals surface area contributed by atoms with Gasteiger partial charge in [-0.2, -0.15) is 0 Å². The second-order valence-corrected chi connectivity index (χ2v) is 5.25. The van der Waals surface area contributed by atoms with Crippen LogP contribution in [-0.4, -0.2) is 28.1 Å². The first kappa shape index (κ1) is 16.1. The highest BCUT2D eigenvalue weighted by molar-refractivity contribution is 5.80.